The molecule has 3 N–H and O–H groups in total. The maximum absolute atomic E-state index is 14.8. The Balaban J connectivity index is -0.000000642. The Morgan fingerprint density at radius 3 is 1.49 bits per heavy atom. The first kappa shape index (κ1) is 105. The second-order valence-electron chi connectivity index (χ2n) is 23.8. The van der Waals surface area contributed by atoms with Crippen molar-refractivity contribution in [3.63, 3.8) is 0 Å². The maximum Gasteiger partial charge on any atom is 0.316 e. The van der Waals surface area contributed by atoms with E-state index in [1.165, 1.54) is 83.0 Å². The van der Waals surface area contributed by atoms with Crippen molar-refractivity contribution >= 4 is 41.3 Å². The Hall–Kier alpha value is -10.5. The van der Waals surface area contributed by atoms with Crippen molar-refractivity contribution in [3.05, 3.63) is 229 Å². The van der Waals surface area contributed by atoms with E-state index in [4.69, 9.17) is 15.3 Å². The summed E-state index contributed by atoms with van der Waals surface area (Å²) in [5, 5.41) is 54.2. The van der Waals surface area contributed by atoms with Gasteiger partial charge in [0, 0.05) is 113 Å². The van der Waals surface area contributed by atoms with E-state index in [2.05, 4.69) is 66.5 Å². The summed E-state index contributed by atoms with van der Waals surface area (Å²) in [7, 11) is 6.81. The Morgan fingerprint density at radius 1 is 0.596 bits per heavy atom. The fourth-order valence-electron chi connectivity index (χ4n) is 12.2. The van der Waals surface area contributed by atoms with E-state index in [0.717, 1.165) is 12.8 Å². The molecule has 2 radical (unpaired) electrons. The standard InChI is InChI=1S/C24H28FN5O2.C16H18FNO4.C15H14FNO3.C13H12FNO.C8H6FN.C2H3.4CH4.CH3.2Co/c1-27-23(29-16-26)30-17-11-13-24(14-12-17,19-8-4-5-9-20(19)25)15-28-22(31)18-7-3-6-10-21(18)32-2;1-21-14(19)7-9-16(11-18,10-8-15(20)22-2)12-5-3-4-6-13(12)17;1-20-14(19)10-8-15(9-17,7-6-13(10)18)11-4-2-3-5-12(11)16;14-12-4-2-1-3-11(12)13(9-15)7-5-10(16)6-8-13;9-8-4-2-1-3-7(8)5-6-10;1-2;;;;;;;/h3-10,17H,11-15H2,1-2H3,(H,28,31)(H2,27,29,30);3-6H,7-10H2,1-2H3;2-5,10H,6-8H2,1H3;1-4H,5-8H2;1-4H,5H2;1H,2H2;4*1H4;1H3;;/q;;;;;-1;;;;;-1;;. The van der Waals surface area contributed by atoms with Crippen molar-refractivity contribution in [3.8, 4) is 36.2 Å². The molecular formula is C83H100Co2F5N9O10-2. The van der Waals surface area contributed by atoms with Crippen LogP contribution in [0.2, 0.25) is 0 Å². The van der Waals surface area contributed by atoms with Crippen molar-refractivity contribution in [2.75, 3.05) is 42.0 Å². The molecule has 6 aromatic rings. The summed E-state index contributed by atoms with van der Waals surface area (Å²) in [5.41, 5.74) is -1.42. The zero-order valence-corrected chi connectivity index (χ0v) is 61.2. The fourth-order valence-corrected chi connectivity index (χ4v) is 12.2. The van der Waals surface area contributed by atoms with E-state index >= 15 is 0 Å². The second kappa shape index (κ2) is 53.3. The zero-order chi connectivity index (χ0) is 75.3. The average Bonchev–Trinajstić information content (AvgIpc) is 0.790. The number of rotatable bonds is 17. The first-order valence-corrected chi connectivity index (χ1v) is 32.4. The topological polar surface area (TPSA) is 307 Å². The number of aliphatic imine (C=N–C) groups is 1. The summed E-state index contributed by atoms with van der Waals surface area (Å²) in [6.07, 6.45) is 6.75. The third-order valence-corrected chi connectivity index (χ3v) is 18.0. The van der Waals surface area contributed by atoms with Crippen molar-refractivity contribution < 1.29 is 103 Å². The molecule has 0 aromatic heterocycles. The number of hydrogen-bond acceptors (Lipinski definition) is 16. The molecule has 9 rings (SSSR count). The molecular weight excluding hydrogens is 1500 g/mol. The minimum atomic E-state index is -1.28. The van der Waals surface area contributed by atoms with Crippen LogP contribution in [-0.4, -0.2) is 89.4 Å². The van der Waals surface area contributed by atoms with Gasteiger partial charge >= 0.3 is 17.9 Å². The van der Waals surface area contributed by atoms with Gasteiger partial charge in [-0.15, -0.1) is 0 Å². The zero-order valence-electron chi connectivity index (χ0n) is 59.1. The molecule has 109 heavy (non-hydrogen) atoms. The number of Topliss-reactive ketones (excluding diaryl/α,β-unsaturated/α-hetero) is 2. The SMILES string of the molecule is C.C.C.C.CN=C(NC#N)NC1CCC(CNC(=O)c2ccccc2OC)(c2ccccc2F)CC1.COC(=O)C1CC(C#N)(c2ccccc2F)CCC1=O.COC(=O)CCC(C#N)(CCC(=O)OC)c1ccccc1F.N#CC1(c2ccccc2F)CCC(=O)CC1.N#CCc1ccccc1F.[CH-]=C.[CH3-].[Co].[Co]. The third-order valence-electron chi connectivity index (χ3n) is 18.0. The number of nitriles is 5. The van der Waals surface area contributed by atoms with Gasteiger partial charge in [0.2, 0.25) is 5.96 Å². The number of guanidine groups is 1. The van der Waals surface area contributed by atoms with Crippen LogP contribution in [0.15, 0.2) is 157 Å². The molecule has 592 valence electrons. The van der Waals surface area contributed by atoms with Crippen LogP contribution >= 0.6 is 0 Å². The van der Waals surface area contributed by atoms with Gasteiger partial charge in [0.25, 0.3) is 5.91 Å². The number of carbonyl (C=O) groups excluding carboxylic acids is 6. The van der Waals surface area contributed by atoms with Gasteiger partial charge in [-0.25, -0.2) is 22.0 Å². The molecule has 3 fully saturated rings. The Morgan fingerprint density at radius 2 is 1.05 bits per heavy atom. The first-order valence-electron chi connectivity index (χ1n) is 32.4. The van der Waals surface area contributed by atoms with Crippen LogP contribution in [0.5, 0.6) is 5.75 Å². The monoisotopic (exact) mass is 1600 g/mol. The van der Waals surface area contributed by atoms with Crippen LogP contribution in [0.3, 0.4) is 0 Å². The first-order chi connectivity index (χ1) is 49.1. The van der Waals surface area contributed by atoms with Gasteiger partial charge in [-0.1, -0.05) is 133 Å². The number of halogens is 5. The predicted octanol–water partition coefficient (Wildman–Crippen LogP) is 15.9. The number of ketones is 2. The van der Waals surface area contributed by atoms with Crippen LogP contribution in [-0.2, 0) is 99.8 Å². The third kappa shape index (κ3) is 29.5. The van der Waals surface area contributed by atoms with Gasteiger partial charge in [-0.2, -0.15) is 26.3 Å². The van der Waals surface area contributed by atoms with Crippen molar-refractivity contribution in [2.45, 2.75) is 160 Å². The Labute approximate surface area is 661 Å². The van der Waals surface area contributed by atoms with Gasteiger partial charge in [0.1, 0.15) is 52.3 Å². The quantitative estimate of drug-likeness (QED) is 0.00879. The largest absolute Gasteiger partial charge is 0.521 e. The van der Waals surface area contributed by atoms with Crippen LogP contribution in [0.25, 0.3) is 0 Å². The Kier molecular flexibility index (Phi) is 51.2. The summed E-state index contributed by atoms with van der Waals surface area (Å²) >= 11 is 0. The van der Waals surface area contributed by atoms with Gasteiger partial charge < -0.3 is 43.6 Å². The van der Waals surface area contributed by atoms with E-state index in [9.17, 15) is 66.5 Å². The number of methoxy groups -OCH3 is 4. The number of ether oxygens (including phenoxy) is 4. The van der Waals surface area contributed by atoms with Crippen LogP contribution in [0, 0.1) is 106 Å². The van der Waals surface area contributed by atoms with Gasteiger partial charge in [-0.3, -0.25) is 45.7 Å². The summed E-state index contributed by atoms with van der Waals surface area (Å²) in [6, 6.07) is 46.6. The fraction of sp³-hybridized carbons (Fsp3) is 0.386. The molecule has 3 aliphatic carbocycles. The number of nitrogens with zero attached hydrogens (tertiary/aromatic N) is 6. The molecule has 0 spiro atoms. The van der Waals surface area contributed by atoms with Crippen LogP contribution in [0.4, 0.5) is 22.0 Å². The smallest absolute Gasteiger partial charge is 0.316 e. The van der Waals surface area contributed by atoms with Crippen molar-refractivity contribution in [1.29, 1.82) is 26.3 Å². The number of carbonyl (C=O) groups is 6. The number of hydrogen-bond donors (Lipinski definition) is 3. The normalized spacial score (nSPS) is 16.6. The molecule has 3 aliphatic rings. The van der Waals surface area contributed by atoms with Gasteiger partial charge in [0.15, 0.2) is 6.19 Å². The summed E-state index contributed by atoms with van der Waals surface area (Å²) < 4.78 is 88.2. The predicted molar refractivity (Wildman–Crippen MR) is 401 cm³/mol. The number of nitrogens with one attached hydrogen (secondary N) is 3. The van der Waals surface area contributed by atoms with Crippen molar-refractivity contribution in [1.82, 2.24) is 16.0 Å². The van der Waals surface area contributed by atoms with Crippen LogP contribution < -0.4 is 20.7 Å². The Bertz CT molecular complexity index is 4070. The number of esters is 3. The van der Waals surface area contributed by atoms with Crippen LogP contribution in [0.1, 0.15) is 164 Å². The van der Waals surface area contributed by atoms with E-state index < -0.39 is 57.1 Å². The van der Waals surface area contributed by atoms with E-state index in [1.807, 2.05) is 18.3 Å². The van der Waals surface area contributed by atoms with E-state index in [0.29, 0.717) is 79.0 Å². The molecule has 0 heterocycles. The number of benzene rings is 6. The van der Waals surface area contributed by atoms with E-state index in [1.54, 1.807) is 92.0 Å². The maximum atomic E-state index is 14.8. The number of para-hydroxylation sites is 1. The van der Waals surface area contributed by atoms with Gasteiger partial charge in [-0.05, 0) is 112 Å². The summed E-state index contributed by atoms with van der Waals surface area (Å²) in [6.45, 7) is 7.31. The molecule has 3 saturated carbocycles. The molecule has 2 unspecified atom stereocenters. The summed E-state index contributed by atoms with van der Waals surface area (Å²) in [5.74, 6) is -4.02. The minimum Gasteiger partial charge on any atom is -0.521 e. The number of amides is 1. The van der Waals surface area contributed by atoms with Gasteiger partial charge in [0.05, 0.1) is 80.9 Å². The minimum absolute atomic E-state index is 0. The molecule has 26 heteroatoms. The second-order valence-corrected chi connectivity index (χ2v) is 23.8. The molecule has 0 saturated heterocycles. The molecule has 19 nitrogen and oxygen atoms in total. The molecule has 0 bridgehead atoms. The van der Waals surface area contributed by atoms with E-state index in [-0.39, 0.29) is 174 Å². The average molecular weight is 1600 g/mol. The molecule has 6 aromatic carbocycles. The molecule has 0 aliphatic heterocycles. The van der Waals surface area contributed by atoms with Crippen molar-refractivity contribution in [2.24, 2.45) is 10.9 Å². The molecule has 2 atom stereocenters. The molecule has 1 amide bonds. The summed E-state index contributed by atoms with van der Waals surface area (Å²) in [4.78, 5) is 74.3.